The Morgan fingerprint density at radius 3 is 2.18 bits per heavy atom. The highest BCUT2D eigenvalue weighted by Crippen LogP contribution is 2.25. The summed E-state index contributed by atoms with van der Waals surface area (Å²) in [6.07, 6.45) is 0. The Bertz CT molecular complexity index is 934. The van der Waals surface area contributed by atoms with E-state index in [0.29, 0.717) is 18.2 Å². The third-order valence-corrected chi connectivity index (χ3v) is 4.06. The molecule has 0 aliphatic heterocycles. The fourth-order valence-corrected chi connectivity index (χ4v) is 2.85. The molecule has 28 heavy (non-hydrogen) atoms. The van der Waals surface area contributed by atoms with E-state index in [9.17, 15) is 4.79 Å². The molecular weight excluding hydrogens is 348 g/mol. The summed E-state index contributed by atoms with van der Waals surface area (Å²) in [6, 6.07) is 21.8. The molecule has 0 spiro atoms. The first-order chi connectivity index (χ1) is 13.3. The van der Waals surface area contributed by atoms with Crippen LogP contribution in [0.4, 0.5) is 11.6 Å². The molecule has 144 valence electrons. The first-order valence-electron chi connectivity index (χ1n) is 9.36. The summed E-state index contributed by atoms with van der Waals surface area (Å²) in [5, 5.41) is 2.97. The lowest BCUT2D eigenvalue weighted by Crippen LogP contribution is -2.41. The second-order valence-corrected chi connectivity index (χ2v) is 7.81. The number of rotatable bonds is 5. The lowest BCUT2D eigenvalue weighted by atomic mass is 10.1. The van der Waals surface area contributed by atoms with Crippen LogP contribution in [-0.4, -0.2) is 21.4 Å². The predicted octanol–water partition coefficient (Wildman–Crippen LogP) is 4.65. The van der Waals surface area contributed by atoms with E-state index < -0.39 is 0 Å². The highest BCUT2D eigenvalue weighted by molar-refractivity contribution is 5.93. The Labute approximate surface area is 166 Å². The van der Waals surface area contributed by atoms with Gasteiger partial charge in [0.15, 0.2) is 0 Å². The van der Waals surface area contributed by atoms with E-state index in [1.54, 1.807) is 6.07 Å². The predicted molar refractivity (Wildman–Crippen MR) is 113 cm³/mol. The van der Waals surface area contributed by atoms with Crippen LogP contribution < -0.4 is 10.2 Å². The van der Waals surface area contributed by atoms with Crippen LogP contribution in [0.15, 0.2) is 66.7 Å². The van der Waals surface area contributed by atoms with E-state index in [2.05, 4.69) is 27.4 Å². The molecule has 0 bridgehead atoms. The maximum absolute atomic E-state index is 12.7. The highest BCUT2D eigenvalue weighted by Gasteiger charge is 2.20. The van der Waals surface area contributed by atoms with Crippen molar-refractivity contribution in [3.05, 3.63) is 83.7 Å². The number of benzene rings is 2. The van der Waals surface area contributed by atoms with Crippen LogP contribution in [0.3, 0.4) is 0 Å². The van der Waals surface area contributed by atoms with Gasteiger partial charge in [0, 0.05) is 16.9 Å². The van der Waals surface area contributed by atoms with Crippen LogP contribution in [0.5, 0.6) is 0 Å². The van der Waals surface area contributed by atoms with E-state index in [-0.39, 0.29) is 11.4 Å². The summed E-state index contributed by atoms with van der Waals surface area (Å²) in [5.41, 5.74) is 2.89. The molecule has 0 fully saturated rings. The van der Waals surface area contributed by atoms with Gasteiger partial charge in [-0.1, -0.05) is 48.5 Å². The number of hydrogen-bond acceptors (Lipinski definition) is 4. The van der Waals surface area contributed by atoms with Crippen molar-refractivity contribution in [2.24, 2.45) is 0 Å². The molecule has 2 aromatic carbocycles. The minimum Gasteiger partial charge on any atom is -0.346 e. The van der Waals surface area contributed by atoms with Gasteiger partial charge >= 0.3 is 0 Å². The molecule has 1 heterocycles. The molecule has 0 radical (unpaired) electrons. The third-order valence-electron chi connectivity index (χ3n) is 4.06. The molecule has 0 saturated heterocycles. The van der Waals surface area contributed by atoms with Gasteiger partial charge in [-0.3, -0.25) is 4.79 Å². The van der Waals surface area contributed by atoms with Gasteiger partial charge < -0.3 is 10.2 Å². The van der Waals surface area contributed by atoms with E-state index in [1.807, 2.05) is 81.1 Å². The number of para-hydroxylation sites is 1. The molecule has 3 aromatic rings. The van der Waals surface area contributed by atoms with Gasteiger partial charge in [0.25, 0.3) is 5.91 Å². The van der Waals surface area contributed by atoms with Gasteiger partial charge in [0.05, 0.1) is 6.54 Å². The van der Waals surface area contributed by atoms with Crippen molar-refractivity contribution in [1.29, 1.82) is 0 Å². The molecule has 0 aliphatic rings. The fourth-order valence-electron chi connectivity index (χ4n) is 2.85. The summed E-state index contributed by atoms with van der Waals surface area (Å²) >= 11 is 0. The van der Waals surface area contributed by atoms with Crippen LogP contribution in [-0.2, 0) is 6.54 Å². The molecule has 0 aliphatic carbocycles. The molecule has 5 heteroatoms. The zero-order valence-corrected chi connectivity index (χ0v) is 16.8. The van der Waals surface area contributed by atoms with Crippen molar-refractivity contribution < 1.29 is 4.79 Å². The smallest absolute Gasteiger partial charge is 0.270 e. The number of anilines is 2. The molecule has 0 unspecified atom stereocenters. The molecule has 1 amide bonds. The Morgan fingerprint density at radius 2 is 1.57 bits per heavy atom. The van der Waals surface area contributed by atoms with Crippen LogP contribution in [0, 0.1) is 6.92 Å². The SMILES string of the molecule is Cc1cc(C(=O)NC(C)(C)C)nc(N(Cc2ccccc2)c2ccccc2)n1. The fraction of sp³-hybridized carbons (Fsp3) is 0.261. The number of nitrogens with one attached hydrogen (secondary N) is 1. The van der Waals surface area contributed by atoms with Crippen LogP contribution in [0.25, 0.3) is 0 Å². The molecule has 0 saturated carbocycles. The summed E-state index contributed by atoms with van der Waals surface area (Å²) in [4.78, 5) is 23.9. The van der Waals surface area contributed by atoms with Crippen molar-refractivity contribution in [2.45, 2.75) is 39.8 Å². The molecule has 1 N–H and O–H groups in total. The Kier molecular flexibility index (Phi) is 5.73. The second-order valence-electron chi connectivity index (χ2n) is 7.81. The second kappa shape index (κ2) is 8.21. The number of nitrogens with zero attached hydrogens (tertiary/aromatic N) is 3. The number of amides is 1. The van der Waals surface area contributed by atoms with E-state index >= 15 is 0 Å². The highest BCUT2D eigenvalue weighted by atomic mass is 16.2. The Balaban J connectivity index is 2.01. The lowest BCUT2D eigenvalue weighted by Gasteiger charge is -2.24. The molecular formula is C23H26N4O. The van der Waals surface area contributed by atoms with Gasteiger partial charge in [-0.25, -0.2) is 9.97 Å². The van der Waals surface area contributed by atoms with Gasteiger partial charge in [-0.05, 0) is 51.5 Å². The average molecular weight is 374 g/mol. The van der Waals surface area contributed by atoms with Crippen LogP contribution in [0.1, 0.15) is 42.5 Å². The standard InChI is InChI=1S/C23H26N4O/c1-17-15-20(21(28)26-23(2,3)4)25-22(24-17)27(19-13-9-6-10-14-19)16-18-11-7-5-8-12-18/h5-15H,16H2,1-4H3,(H,26,28). The van der Waals surface area contributed by atoms with Crippen LogP contribution >= 0.6 is 0 Å². The quantitative estimate of drug-likeness (QED) is 0.706. The monoisotopic (exact) mass is 374 g/mol. The lowest BCUT2D eigenvalue weighted by molar-refractivity contribution is 0.0914. The first kappa shape index (κ1) is 19.5. The number of aryl methyl sites for hydroxylation is 1. The average Bonchev–Trinajstić information content (AvgIpc) is 2.66. The van der Waals surface area contributed by atoms with E-state index in [1.165, 1.54) is 0 Å². The zero-order chi connectivity index (χ0) is 20.1. The van der Waals surface area contributed by atoms with E-state index in [0.717, 1.165) is 16.9 Å². The van der Waals surface area contributed by atoms with Gasteiger partial charge in [-0.15, -0.1) is 0 Å². The maximum Gasteiger partial charge on any atom is 0.270 e. The molecule has 5 nitrogen and oxygen atoms in total. The van der Waals surface area contributed by atoms with Crippen molar-refractivity contribution in [3.63, 3.8) is 0 Å². The summed E-state index contributed by atoms with van der Waals surface area (Å²) in [6.45, 7) is 8.34. The van der Waals surface area contributed by atoms with Crippen molar-refractivity contribution >= 4 is 17.5 Å². The number of hydrogen-bond donors (Lipinski definition) is 1. The minimum atomic E-state index is -0.334. The zero-order valence-electron chi connectivity index (χ0n) is 16.8. The summed E-state index contributed by atoms with van der Waals surface area (Å²) in [5.74, 6) is 0.307. The van der Waals surface area contributed by atoms with Crippen molar-refractivity contribution in [2.75, 3.05) is 4.90 Å². The topological polar surface area (TPSA) is 58.1 Å². The Morgan fingerprint density at radius 1 is 0.964 bits per heavy atom. The molecule has 0 atom stereocenters. The Hall–Kier alpha value is -3.21. The normalized spacial score (nSPS) is 11.1. The number of carbonyl (C=O) groups excluding carboxylic acids is 1. The van der Waals surface area contributed by atoms with Gasteiger partial charge in [0.2, 0.25) is 5.95 Å². The van der Waals surface area contributed by atoms with Gasteiger partial charge in [-0.2, -0.15) is 0 Å². The molecule has 3 rings (SSSR count). The van der Waals surface area contributed by atoms with Crippen molar-refractivity contribution in [1.82, 2.24) is 15.3 Å². The maximum atomic E-state index is 12.7. The minimum absolute atomic E-state index is 0.202. The van der Waals surface area contributed by atoms with Crippen molar-refractivity contribution in [3.8, 4) is 0 Å². The number of carbonyl (C=O) groups is 1. The summed E-state index contributed by atoms with van der Waals surface area (Å²) in [7, 11) is 0. The third kappa shape index (κ3) is 5.16. The molecule has 1 aromatic heterocycles. The van der Waals surface area contributed by atoms with Gasteiger partial charge in [0.1, 0.15) is 5.69 Å². The largest absolute Gasteiger partial charge is 0.346 e. The summed E-state index contributed by atoms with van der Waals surface area (Å²) < 4.78 is 0. The van der Waals surface area contributed by atoms with Crippen LogP contribution in [0.2, 0.25) is 0 Å². The first-order valence-corrected chi connectivity index (χ1v) is 9.36. The van der Waals surface area contributed by atoms with E-state index in [4.69, 9.17) is 0 Å². The number of aromatic nitrogens is 2.